The summed E-state index contributed by atoms with van der Waals surface area (Å²) in [5, 5.41) is 18.4. The van der Waals surface area contributed by atoms with E-state index in [0.29, 0.717) is 36.0 Å². The van der Waals surface area contributed by atoms with Gasteiger partial charge >= 0.3 is 11.9 Å². The van der Waals surface area contributed by atoms with Crippen molar-refractivity contribution in [3.05, 3.63) is 125 Å². The van der Waals surface area contributed by atoms with Gasteiger partial charge in [-0.05, 0) is 72.7 Å². The summed E-state index contributed by atoms with van der Waals surface area (Å²) in [7, 11) is 0. The van der Waals surface area contributed by atoms with Crippen molar-refractivity contribution in [1.82, 2.24) is 13.9 Å². The minimum absolute atomic E-state index is 0.232. The third-order valence-corrected chi connectivity index (χ3v) is 9.58. The number of aryl methyl sites for hydroxylation is 2. The molecule has 258 valence electrons. The first-order valence-electron chi connectivity index (χ1n) is 16.4. The maximum absolute atomic E-state index is 14.3. The molecule has 5 rings (SSSR count). The van der Waals surface area contributed by atoms with E-state index in [1.165, 1.54) is 4.31 Å². The van der Waals surface area contributed by atoms with Crippen molar-refractivity contribution < 1.29 is 29.4 Å². The third kappa shape index (κ3) is 8.30. The molecule has 0 radical (unpaired) electrons. The molecule has 4 aromatic carbocycles. The Hall–Kier alpha value is -5.26. The molecule has 2 atom stereocenters. The molecule has 2 unspecified atom stereocenters. The molecular formula is C39H40N4O6S. The summed E-state index contributed by atoms with van der Waals surface area (Å²) in [6.07, 6.45) is 1.63. The second kappa shape index (κ2) is 16.0. The molecule has 0 saturated carbocycles. The van der Waals surface area contributed by atoms with E-state index < -0.39 is 35.6 Å². The number of aliphatic carboxylic acids is 1. The number of imidazole rings is 1. The largest absolute Gasteiger partial charge is 0.480 e. The number of carboxylic acids is 2. The molecule has 0 aliphatic heterocycles. The van der Waals surface area contributed by atoms with Gasteiger partial charge in [-0.1, -0.05) is 79.7 Å². The zero-order valence-corrected chi connectivity index (χ0v) is 29.0. The van der Waals surface area contributed by atoms with Gasteiger partial charge in [-0.25, -0.2) is 9.78 Å². The van der Waals surface area contributed by atoms with Crippen molar-refractivity contribution in [2.75, 3.05) is 0 Å². The minimum Gasteiger partial charge on any atom is -0.480 e. The number of aromatic nitrogens is 2. The van der Waals surface area contributed by atoms with Crippen molar-refractivity contribution in [2.45, 2.75) is 65.1 Å². The number of carboxylic acid groups (broad SMARTS) is 2. The van der Waals surface area contributed by atoms with Crippen LogP contribution < -0.4 is 5.73 Å². The number of hydrogen-bond donors (Lipinski definition) is 3. The first-order chi connectivity index (χ1) is 24.0. The molecule has 5 aromatic rings. The summed E-state index contributed by atoms with van der Waals surface area (Å²) >= 11 is 0.697. The van der Waals surface area contributed by atoms with Crippen LogP contribution in [0.5, 0.6) is 0 Å². The fourth-order valence-electron chi connectivity index (χ4n) is 5.96. The fourth-order valence-corrected chi connectivity index (χ4v) is 6.88. The molecule has 1 amide bonds. The molecule has 10 nitrogen and oxygen atoms in total. The Kier molecular flexibility index (Phi) is 11.5. The lowest BCUT2D eigenvalue weighted by Gasteiger charge is -2.28. The Morgan fingerprint density at radius 2 is 1.60 bits per heavy atom. The minimum atomic E-state index is -1.37. The SMILES string of the molecule is CCCc1nc2c(C)cc(C(=O)N(SC(=O)CC(N)C(=O)O)C(C)Cc3ccccc3)cc2n1Cc1ccc(-c2ccccc2C(=O)O)cc1. The number of rotatable bonds is 13. The van der Waals surface area contributed by atoms with Gasteiger partial charge in [0.15, 0.2) is 0 Å². The van der Waals surface area contributed by atoms with Crippen LogP contribution in [0, 0.1) is 6.92 Å². The molecule has 1 aromatic heterocycles. The number of nitrogens with two attached hydrogens (primary N) is 1. The van der Waals surface area contributed by atoms with Gasteiger partial charge in [0.25, 0.3) is 5.91 Å². The standard InChI is InChI=1S/C39H40N4O6S/c1-4-10-34-41-36-24(2)19-29(37(45)43(50-35(44)22-32(40)39(48)49)25(3)20-26-11-6-5-7-12-26)21-33(36)42(34)23-27-15-17-28(18-16-27)30-13-8-9-14-31(30)38(46)47/h5-9,11-19,21,25,32H,4,10,20,22-23,40H2,1-3H3,(H,46,47)(H,48,49). The first-order valence-corrected chi connectivity index (χ1v) is 17.2. The van der Waals surface area contributed by atoms with Crippen LogP contribution in [0.15, 0.2) is 91.0 Å². The Balaban J connectivity index is 1.50. The van der Waals surface area contributed by atoms with Crippen molar-refractivity contribution in [3.63, 3.8) is 0 Å². The monoisotopic (exact) mass is 692 g/mol. The van der Waals surface area contributed by atoms with E-state index in [1.54, 1.807) is 24.3 Å². The molecule has 0 saturated heterocycles. The highest BCUT2D eigenvalue weighted by molar-refractivity contribution is 8.12. The van der Waals surface area contributed by atoms with Crippen LogP contribution in [0.3, 0.4) is 0 Å². The van der Waals surface area contributed by atoms with Crippen LogP contribution >= 0.6 is 11.9 Å². The van der Waals surface area contributed by atoms with Crippen molar-refractivity contribution >= 4 is 45.9 Å². The number of nitrogens with zero attached hydrogens (tertiary/aromatic N) is 3. The second-order valence-electron chi connectivity index (χ2n) is 12.4. The Morgan fingerprint density at radius 1 is 0.920 bits per heavy atom. The van der Waals surface area contributed by atoms with Gasteiger partial charge in [-0.15, -0.1) is 0 Å². The zero-order valence-electron chi connectivity index (χ0n) is 28.2. The Morgan fingerprint density at radius 3 is 2.26 bits per heavy atom. The highest BCUT2D eigenvalue weighted by Crippen LogP contribution is 2.30. The van der Waals surface area contributed by atoms with Crippen LogP contribution in [-0.4, -0.2) is 59.1 Å². The highest BCUT2D eigenvalue weighted by Gasteiger charge is 2.29. The van der Waals surface area contributed by atoms with Crippen LogP contribution in [-0.2, 0) is 29.0 Å². The Labute approximate surface area is 295 Å². The predicted octanol–water partition coefficient (Wildman–Crippen LogP) is 6.76. The van der Waals surface area contributed by atoms with Gasteiger partial charge < -0.3 is 20.5 Å². The van der Waals surface area contributed by atoms with E-state index in [2.05, 4.69) is 11.5 Å². The third-order valence-electron chi connectivity index (χ3n) is 8.49. The van der Waals surface area contributed by atoms with E-state index in [4.69, 9.17) is 10.7 Å². The molecule has 1 heterocycles. The molecule has 0 aliphatic carbocycles. The number of carbonyl (C=O) groups excluding carboxylic acids is 2. The summed E-state index contributed by atoms with van der Waals surface area (Å²) in [5.74, 6) is -1.78. The van der Waals surface area contributed by atoms with Gasteiger partial charge in [0.05, 0.1) is 16.6 Å². The summed E-state index contributed by atoms with van der Waals surface area (Å²) in [6.45, 7) is 6.31. The van der Waals surface area contributed by atoms with Gasteiger partial charge in [-0.2, -0.15) is 0 Å². The summed E-state index contributed by atoms with van der Waals surface area (Å²) < 4.78 is 3.52. The van der Waals surface area contributed by atoms with E-state index in [-0.39, 0.29) is 11.5 Å². The predicted molar refractivity (Wildman–Crippen MR) is 195 cm³/mol. The summed E-state index contributed by atoms with van der Waals surface area (Å²) in [5.41, 5.74) is 12.0. The molecule has 4 N–H and O–H groups in total. The summed E-state index contributed by atoms with van der Waals surface area (Å²) in [6, 6.07) is 26.1. The smallest absolute Gasteiger partial charge is 0.336 e. The van der Waals surface area contributed by atoms with Crippen LogP contribution in [0.1, 0.15) is 69.9 Å². The molecule has 0 aliphatic rings. The average molecular weight is 693 g/mol. The van der Waals surface area contributed by atoms with Crippen LogP contribution in [0.2, 0.25) is 0 Å². The van der Waals surface area contributed by atoms with E-state index in [0.717, 1.165) is 52.0 Å². The van der Waals surface area contributed by atoms with Crippen LogP contribution in [0.25, 0.3) is 22.2 Å². The number of fused-ring (bicyclic) bond motifs is 1. The van der Waals surface area contributed by atoms with Crippen LogP contribution in [0.4, 0.5) is 0 Å². The fraction of sp³-hybridized carbons (Fsp3) is 0.256. The zero-order chi connectivity index (χ0) is 35.9. The number of carbonyl (C=O) groups is 4. The first kappa shape index (κ1) is 36.0. The van der Waals surface area contributed by atoms with Gasteiger partial charge in [0.2, 0.25) is 5.12 Å². The molecule has 0 fully saturated rings. The number of hydrogen-bond acceptors (Lipinski definition) is 7. The molecular weight excluding hydrogens is 653 g/mol. The number of benzene rings is 4. The topological polar surface area (TPSA) is 156 Å². The lowest BCUT2D eigenvalue weighted by molar-refractivity contribution is -0.139. The normalized spacial score (nSPS) is 12.4. The lowest BCUT2D eigenvalue weighted by atomic mass is 9.98. The van der Waals surface area contributed by atoms with Gasteiger partial charge in [0, 0.05) is 42.9 Å². The molecule has 0 bridgehead atoms. The molecule has 11 heteroatoms. The molecule has 0 spiro atoms. The quantitative estimate of drug-likeness (QED) is 0.114. The Bertz CT molecular complexity index is 2030. The highest BCUT2D eigenvalue weighted by atomic mass is 32.2. The van der Waals surface area contributed by atoms with Crippen molar-refractivity contribution in [3.8, 4) is 11.1 Å². The maximum atomic E-state index is 14.3. The van der Waals surface area contributed by atoms with Crippen molar-refractivity contribution in [2.24, 2.45) is 5.73 Å². The summed E-state index contributed by atoms with van der Waals surface area (Å²) in [4.78, 5) is 55.5. The van der Waals surface area contributed by atoms with E-state index >= 15 is 0 Å². The maximum Gasteiger partial charge on any atom is 0.336 e. The van der Waals surface area contributed by atoms with Gasteiger partial charge in [-0.3, -0.25) is 18.7 Å². The number of aromatic carboxylic acids is 1. The lowest BCUT2D eigenvalue weighted by Crippen LogP contribution is -2.37. The molecule has 50 heavy (non-hydrogen) atoms. The second-order valence-corrected chi connectivity index (χ2v) is 13.4. The van der Waals surface area contributed by atoms with Crippen molar-refractivity contribution in [1.29, 1.82) is 0 Å². The van der Waals surface area contributed by atoms with E-state index in [9.17, 15) is 29.4 Å². The van der Waals surface area contributed by atoms with E-state index in [1.807, 2.05) is 80.6 Å². The average Bonchev–Trinajstić information content (AvgIpc) is 3.44. The number of amides is 1. The van der Waals surface area contributed by atoms with Gasteiger partial charge in [0.1, 0.15) is 11.9 Å².